The van der Waals surface area contributed by atoms with Gasteiger partial charge in [0.1, 0.15) is 17.4 Å². The Morgan fingerprint density at radius 1 is 1.10 bits per heavy atom. The van der Waals surface area contributed by atoms with Gasteiger partial charge in [-0.25, -0.2) is 0 Å². The molecule has 0 unspecified atom stereocenters. The molecule has 3 aromatic carbocycles. The van der Waals surface area contributed by atoms with Crippen molar-refractivity contribution in [2.45, 2.75) is 13.3 Å². The monoisotopic (exact) mass is 450 g/mol. The highest BCUT2D eigenvalue weighted by Gasteiger charge is 2.13. The van der Waals surface area contributed by atoms with Crippen LogP contribution in [0, 0.1) is 18.3 Å². The largest absolute Gasteiger partial charge is 0.496 e. The number of aryl methyl sites for hydroxylation is 1. The molecule has 3 rings (SSSR count). The smallest absolute Gasteiger partial charge is 0.266 e. The standard InChI is InChI=1S/C25H20Cl2N2O2/c1-16-7-10-21(26)14-23(16)29-25(30)20(15-28)11-17-8-9-19(24(12-17)31-2)13-18-5-3-4-6-22(18)27/h3-12,14H,13H2,1-2H3,(H,29,30)/b20-11+. The van der Waals surface area contributed by atoms with E-state index in [1.54, 1.807) is 31.4 Å². The van der Waals surface area contributed by atoms with Gasteiger partial charge in [0.15, 0.2) is 0 Å². The van der Waals surface area contributed by atoms with Crippen molar-refractivity contribution < 1.29 is 9.53 Å². The van der Waals surface area contributed by atoms with E-state index >= 15 is 0 Å². The summed E-state index contributed by atoms with van der Waals surface area (Å²) in [7, 11) is 1.58. The summed E-state index contributed by atoms with van der Waals surface area (Å²) < 4.78 is 5.53. The number of carbonyl (C=O) groups is 1. The normalized spacial score (nSPS) is 11.0. The number of nitrogens with one attached hydrogen (secondary N) is 1. The number of nitrogens with zero attached hydrogens (tertiary/aromatic N) is 1. The molecule has 0 bridgehead atoms. The number of rotatable bonds is 6. The van der Waals surface area contributed by atoms with Crippen molar-refractivity contribution in [1.29, 1.82) is 5.26 Å². The number of methoxy groups -OCH3 is 1. The highest BCUT2D eigenvalue weighted by Crippen LogP contribution is 2.27. The average Bonchev–Trinajstić information content (AvgIpc) is 2.76. The van der Waals surface area contributed by atoms with Crippen molar-refractivity contribution in [3.63, 3.8) is 0 Å². The molecule has 0 aliphatic rings. The van der Waals surface area contributed by atoms with Crippen LogP contribution in [0.2, 0.25) is 10.0 Å². The molecule has 3 aromatic rings. The Kier molecular flexibility index (Phi) is 7.36. The summed E-state index contributed by atoms with van der Waals surface area (Å²) in [6.07, 6.45) is 2.13. The topological polar surface area (TPSA) is 62.1 Å². The first-order valence-electron chi connectivity index (χ1n) is 9.51. The molecule has 0 spiro atoms. The van der Waals surface area contributed by atoms with Gasteiger partial charge in [0.05, 0.1) is 7.11 Å². The van der Waals surface area contributed by atoms with Crippen LogP contribution in [0.3, 0.4) is 0 Å². The maximum absolute atomic E-state index is 12.6. The van der Waals surface area contributed by atoms with Gasteiger partial charge in [-0.05, 0) is 59.5 Å². The van der Waals surface area contributed by atoms with Crippen LogP contribution in [0.5, 0.6) is 5.75 Å². The van der Waals surface area contributed by atoms with Crippen molar-refractivity contribution >= 4 is 40.9 Å². The third kappa shape index (κ3) is 5.67. The fraction of sp³-hybridized carbons (Fsp3) is 0.120. The molecular weight excluding hydrogens is 431 g/mol. The number of hydrogen-bond acceptors (Lipinski definition) is 3. The molecule has 0 radical (unpaired) electrons. The number of carbonyl (C=O) groups excluding carboxylic acids is 1. The molecule has 1 amide bonds. The zero-order valence-corrected chi connectivity index (χ0v) is 18.6. The summed E-state index contributed by atoms with van der Waals surface area (Å²) in [6, 6.07) is 20.3. The minimum atomic E-state index is -0.507. The number of anilines is 1. The fourth-order valence-electron chi connectivity index (χ4n) is 3.08. The van der Waals surface area contributed by atoms with Crippen LogP contribution in [-0.2, 0) is 11.2 Å². The highest BCUT2D eigenvalue weighted by atomic mass is 35.5. The van der Waals surface area contributed by atoms with Gasteiger partial charge in [0, 0.05) is 22.2 Å². The zero-order chi connectivity index (χ0) is 22.4. The molecule has 0 aromatic heterocycles. The number of benzene rings is 3. The molecule has 0 aliphatic heterocycles. The van der Waals surface area contributed by atoms with Crippen LogP contribution in [-0.4, -0.2) is 13.0 Å². The van der Waals surface area contributed by atoms with Crippen LogP contribution < -0.4 is 10.1 Å². The summed E-state index contributed by atoms with van der Waals surface area (Å²) in [4.78, 5) is 12.6. The van der Waals surface area contributed by atoms with Gasteiger partial charge >= 0.3 is 0 Å². The third-order valence-corrected chi connectivity index (χ3v) is 5.38. The Morgan fingerprint density at radius 3 is 2.58 bits per heavy atom. The lowest BCUT2D eigenvalue weighted by molar-refractivity contribution is -0.112. The number of hydrogen-bond donors (Lipinski definition) is 1. The minimum absolute atomic E-state index is 0.0275. The first-order valence-corrected chi connectivity index (χ1v) is 10.3. The first kappa shape index (κ1) is 22.4. The van der Waals surface area contributed by atoms with Crippen LogP contribution in [0.1, 0.15) is 22.3 Å². The second-order valence-electron chi connectivity index (χ2n) is 6.92. The van der Waals surface area contributed by atoms with Crippen molar-refractivity contribution in [3.8, 4) is 11.8 Å². The Morgan fingerprint density at radius 2 is 1.87 bits per heavy atom. The predicted octanol–water partition coefficient (Wildman–Crippen LogP) is 6.45. The molecule has 0 fully saturated rings. The van der Waals surface area contributed by atoms with E-state index < -0.39 is 5.91 Å². The van der Waals surface area contributed by atoms with Gasteiger partial charge in [-0.2, -0.15) is 5.26 Å². The van der Waals surface area contributed by atoms with Gasteiger partial charge in [0.25, 0.3) is 5.91 Å². The van der Waals surface area contributed by atoms with Gasteiger partial charge in [0.2, 0.25) is 0 Å². The molecule has 6 heteroatoms. The summed E-state index contributed by atoms with van der Waals surface area (Å²) in [6.45, 7) is 1.85. The van der Waals surface area contributed by atoms with Crippen molar-refractivity contribution in [1.82, 2.24) is 0 Å². The van der Waals surface area contributed by atoms with Gasteiger partial charge in [-0.3, -0.25) is 4.79 Å². The Hall–Kier alpha value is -3.26. The molecule has 0 heterocycles. The average molecular weight is 451 g/mol. The number of halogens is 2. The zero-order valence-electron chi connectivity index (χ0n) is 17.1. The lowest BCUT2D eigenvalue weighted by Gasteiger charge is -2.11. The predicted molar refractivity (Wildman–Crippen MR) is 126 cm³/mol. The van der Waals surface area contributed by atoms with Crippen LogP contribution >= 0.6 is 23.2 Å². The van der Waals surface area contributed by atoms with E-state index in [2.05, 4.69) is 5.32 Å². The van der Waals surface area contributed by atoms with Gasteiger partial charge in [-0.1, -0.05) is 59.6 Å². The van der Waals surface area contributed by atoms with Gasteiger partial charge in [-0.15, -0.1) is 0 Å². The van der Waals surface area contributed by atoms with Crippen molar-refractivity contribution in [3.05, 3.63) is 98.5 Å². The maximum Gasteiger partial charge on any atom is 0.266 e. The van der Waals surface area contributed by atoms with Crippen molar-refractivity contribution in [2.24, 2.45) is 0 Å². The van der Waals surface area contributed by atoms with E-state index in [1.807, 2.05) is 49.4 Å². The Labute approximate surface area is 191 Å². The summed E-state index contributed by atoms with van der Waals surface area (Å²) in [5, 5.41) is 13.4. The first-order chi connectivity index (χ1) is 14.9. The molecule has 0 atom stereocenters. The summed E-state index contributed by atoms with van der Waals surface area (Å²) >= 11 is 12.3. The minimum Gasteiger partial charge on any atom is -0.496 e. The molecule has 0 saturated carbocycles. The molecule has 1 N–H and O–H groups in total. The number of ether oxygens (including phenoxy) is 1. The van der Waals surface area contributed by atoms with Crippen LogP contribution in [0.4, 0.5) is 5.69 Å². The summed E-state index contributed by atoms with van der Waals surface area (Å²) in [5.41, 5.74) is 3.99. The molecule has 0 saturated heterocycles. The second kappa shape index (κ2) is 10.2. The van der Waals surface area contributed by atoms with E-state index in [0.29, 0.717) is 33.5 Å². The lowest BCUT2D eigenvalue weighted by Crippen LogP contribution is -2.14. The second-order valence-corrected chi connectivity index (χ2v) is 7.77. The molecular formula is C25H20Cl2N2O2. The molecule has 156 valence electrons. The number of nitriles is 1. The van der Waals surface area contributed by atoms with E-state index in [0.717, 1.165) is 16.7 Å². The molecule has 31 heavy (non-hydrogen) atoms. The van der Waals surface area contributed by atoms with Crippen LogP contribution in [0.25, 0.3) is 6.08 Å². The van der Waals surface area contributed by atoms with E-state index in [-0.39, 0.29) is 5.57 Å². The van der Waals surface area contributed by atoms with Crippen molar-refractivity contribution in [2.75, 3.05) is 12.4 Å². The Bertz CT molecular complexity index is 1200. The Balaban J connectivity index is 1.85. The number of amides is 1. The third-order valence-electron chi connectivity index (χ3n) is 4.77. The van der Waals surface area contributed by atoms with Crippen LogP contribution in [0.15, 0.2) is 66.2 Å². The quantitative estimate of drug-likeness (QED) is 0.346. The molecule has 0 aliphatic carbocycles. The fourth-order valence-corrected chi connectivity index (χ4v) is 3.45. The van der Waals surface area contributed by atoms with E-state index in [4.69, 9.17) is 27.9 Å². The van der Waals surface area contributed by atoms with E-state index in [9.17, 15) is 10.1 Å². The van der Waals surface area contributed by atoms with E-state index in [1.165, 1.54) is 6.08 Å². The lowest BCUT2D eigenvalue weighted by atomic mass is 10.0. The summed E-state index contributed by atoms with van der Waals surface area (Å²) in [5.74, 6) is 0.143. The SMILES string of the molecule is COc1cc(/C=C(\C#N)C(=O)Nc2cc(Cl)ccc2C)ccc1Cc1ccccc1Cl. The highest BCUT2D eigenvalue weighted by molar-refractivity contribution is 6.31. The molecule has 4 nitrogen and oxygen atoms in total. The van der Waals surface area contributed by atoms with Gasteiger partial charge < -0.3 is 10.1 Å². The maximum atomic E-state index is 12.6.